The maximum Gasteiger partial charge on any atom is 0.0547 e. The van der Waals surface area contributed by atoms with Crippen LogP contribution in [0.4, 0.5) is 0 Å². The molecule has 4 nitrogen and oxygen atoms in total. The van der Waals surface area contributed by atoms with Gasteiger partial charge in [0.25, 0.3) is 0 Å². The largest absolute Gasteiger partial charge is 0.309 e. The molecule has 0 saturated heterocycles. The van der Waals surface area contributed by atoms with Gasteiger partial charge in [0.2, 0.25) is 0 Å². The van der Waals surface area contributed by atoms with Crippen molar-refractivity contribution in [1.82, 2.24) is 18.3 Å². The van der Waals surface area contributed by atoms with Crippen molar-refractivity contribution in [2.75, 3.05) is 0 Å². The second-order valence-corrected chi connectivity index (χ2v) is 28.7. The van der Waals surface area contributed by atoms with Crippen molar-refractivity contribution in [2.45, 2.75) is 0 Å². The lowest BCUT2D eigenvalue weighted by Gasteiger charge is -2.15. The molecule has 0 radical (unpaired) electrons. The first kappa shape index (κ1) is 61.2. The van der Waals surface area contributed by atoms with E-state index in [9.17, 15) is 0 Å². The summed E-state index contributed by atoms with van der Waals surface area (Å²) in [5.41, 5.74) is 24.1. The Labute approximate surface area is 622 Å². The molecule has 23 aromatic rings. The van der Waals surface area contributed by atoms with Crippen LogP contribution in [-0.4, -0.2) is 18.3 Å². The first-order valence-corrected chi connectivity index (χ1v) is 37.3. The van der Waals surface area contributed by atoms with Crippen molar-refractivity contribution in [3.05, 3.63) is 400 Å². The van der Waals surface area contributed by atoms with Crippen molar-refractivity contribution in [3.8, 4) is 67.3 Å². The predicted molar refractivity (Wildman–Crippen MR) is 460 cm³/mol. The van der Waals surface area contributed by atoms with Crippen molar-refractivity contribution in [2.24, 2.45) is 0 Å². The Morgan fingerprint density at radius 2 is 0.417 bits per heavy atom. The van der Waals surface area contributed by atoms with Gasteiger partial charge in [-0.15, -0.1) is 0 Å². The van der Waals surface area contributed by atoms with Gasteiger partial charge in [0.15, 0.2) is 0 Å². The second kappa shape index (κ2) is 24.7. The third-order valence-corrected chi connectivity index (χ3v) is 22.8. The summed E-state index contributed by atoms with van der Waals surface area (Å²) >= 11 is 0. The molecule has 0 saturated carbocycles. The maximum atomic E-state index is 2.48. The molecule has 4 aromatic heterocycles. The molecular weight excluding hydrogens is 1310 g/mol. The summed E-state index contributed by atoms with van der Waals surface area (Å²) < 4.78 is 9.72. The van der Waals surface area contributed by atoms with Gasteiger partial charge in [0, 0.05) is 65.5 Å². The Morgan fingerprint density at radius 3 is 0.880 bits per heavy atom. The molecule has 4 heteroatoms. The number of rotatable bonds is 8. The van der Waals surface area contributed by atoms with Gasteiger partial charge in [-0.05, 0) is 208 Å². The Balaban J connectivity index is 0.000000134. The SMILES string of the molecule is c1ccc(-c2cccc(-n3c4ccccc4c4cc(-c5ccc6c(c5)c5ccccc5n6-c5cc6c7ccccc7ccc6c6ccccc56)ccc43)c2)cc1.c1ccc(-c2cccc(-n3c4ccccc4c4cc(-c5ccc6c(c5)c5ccccc5n6-c5ccc6c(ccc7ccccc76)c5)ccc43)c2)cc1. The van der Waals surface area contributed by atoms with Gasteiger partial charge < -0.3 is 18.3 Å². The van der Waals surface area contributed by atoms with Crippen molar-refractivity contribution >= 4 is 141 Å². The van der Waals surface area contributed by atoms with Crippen LogP contribution in [0.5, 0.6) is 0 Å². The molecule has 502 valence electrons. The van der Waals surface area contributed by atoms with E-state index in [1.807, 2.05) is 0 Å². The van der Waals surface area contributed by atoms with E-state index < -0.39 is 0 Å². The average molecular weight is 1370 g/mol. The van der Waals surface area contributed by atoms with Gasteiger partial charge in [0.05, 0.1) is 49.8 Å². The van der Waals surface area contributed by atoms with E-state index in [-0.39, 0.29) is 0 Å². The van der Waals surface area contributed by atoms with Crippen LogP contribution in [-0.2, 0) is 0 Å². The van der Waals surface area contributed by atoms with E-state index in [0.717, 1.165) is 11.4 Å². The molecule has 0 spiro atoms. The normalized spacial score (nSPS) is 11.9. The van der Waals surface area contributed by atoms with Crippen LogP contribution < -0.4 is 0 Å². The standard InChI is InChI=1S/C54H34N2.C50H32N2/c1-2-13-35(14-3-1)37-16-12-17-40(31-37)55-50-23-10-8-21-45(50)48-32-38(26-29-52(48)55)39-27-30-53-49(33-39)46-22-9-11-24-51(46)56(53)54-34-47-41-18-5-4-15-36(41)25-28-43(47)42-19-6-7-20-44(42)54;1-2-11-33(12-3-1)35-14-10-15-39(29-35)51-47-19-8-6-17-43(47)45-31-36(23-27-49(45)51)37-24-28-50-46(32-37)44-18-7-9-20-48(44)52(50)40-25-26-42-38(30-40)22-21-34-13-4-5-16-41(34)42/h1-34H;1-32H. The summed E-state index contributed by atoms with van der Waals surface area (Å²) in [5.74, 6) is 0. The number of hydrogen-bond acceptors (Lipinski definition) is 0. The summed E-state index contributed by atoms with van der Waals surface area (Å²) in [6.07, 6.45) is 0. The van der Waals surface area contributed by atoms with Gasteiger partial charge in [-0.25, -0.2) is 0 Å². The fourth-order valence-corrected chi connectivity index (χ4v) is 17.8. The predicted octanol–water partition coefficient (Wildman–Crippen LogP) is 28.2. The molecule has 23 rings (SSSR count). The zero-order valence-electron chi connectivity index (χ0n) is 58.9. The molecule has 0 unspecified atom stereocenters. The molecule has 0 amide bonds. The number of nitrogens with zero attached hydrogens (tertiary/aromatic N) is 4. The van der Waals surface area contributed by atoms with Crippen LogP contribution in [0.15, 0.2) is 400 Å². The Kier molecular flexibility index (Phi) is 14.0. The molecular formula is C104H66N4. The first-order valence-electron chi connectivity index (χ1n) is 37.3. The smallest absolute Gasteiger partial charge is 0.0547 e. The van der Waals surface area contributed by atoms with Gasteiger partial charge in [-0.3, -0.25) is 0 Å². The van der Waals surface area contributed by atoms with Crippen molar-refractivity contribution in [3.63, 3.8) is 0 Å². The number of hydrogen-bond donors (Lipinski definition) is 0. The maximum absolute atomic E-state index is 2.48. The van der Waals surface area contributed by atoms with E-state index in [4.69, 9.17) is 0 Å². The minimum absolute atomic E-state index is 1.16. The van der Waals surface area contributed by atoms with Crippen LogP contribution in [0, 0.1) is 0 Å². The van der Waals surface area contributed by atoms with E-state index in [2.05, 4.69) is 419 Å². The Hall–Kier alpha value is -14.3. The molecule has 19 aromatic carbocycles. The molecule has 0 aliphatic carbocycles. The summed E-state index contributed by atoms with van der Waals surface area (Å²) in [5, 5.41) is 22.7. The van der Waals surface area contributed by atoms with Crippen LogP contribution in [0.2, 0.25) is 0 Å². The number of aromatic nitrogens is 4. The number of benzene rings is 19. The van der Waals surface area contributed by atoms with Crippen LogP contribution in [0.25, 0.3) is 208 Å². The van der Waals surface area contributed by atoms with Gasteiger partial charge >= 0.3 is 0 Å². The fourth-order valence-electron chi connectivity index (χ4n) is 17.8. The molecule has 108 heavy (non-hydrogen) atoms. The highest BCUT2D eigenvalue weighted by molar-refractivity contribution is 6.22. The highest BCUT2D eigenvalue weighted by Crippen LogP contribution is 2.45. The molecule has 0 bridgehead atoms. The highest BCUT2D eigenvalue weighted by atomic mass is 15.0. The average Bonchev–Trinajstić information content (AvgIpc) is 1.59. The van der Waals surface area contributed by atoms with Crippen LogP contribution in [0.1, 0.15) is 0 Å². The topological polar surface area (TPSA) is 19.7 Å². The summed E-state index contributed by atoms with van der Waals surface area (Å²) in [7, 11) is 0. The minimum atomic E-state index is 1.16. The van der Waals surface area contributed by atoms with E-state index in [0.29, 0.717) is 0 Å². The minimum Gasteiger partial charge on any atom is -0.309 e. The zero-order valence-corrected chi connectivity index (χ0v) is 58.9. The summed E-state index contributed by atoms with van der Waals surface area (Å²) in [6, 6.07) is 147. The number of para-hydroxylation sites is 4. The molecule has 0 atom stereocenters. The van der Waals surface area contributed by atoms with Gasteiger partial charge in [-0.1, -0.05) is 285 Å². The molecule has 0 fully saturated rings. The monoisotopic (exact) mass is 1370 g/mol. The van der Waals surface area contributed by atoms with Gasteiger partial charge in [0.1, 0.15) is 0 Å². The van der Waals surface area contributed by atoms with E-state index >= 15 is 0 Å². The van der Waals surface area contributed by atoms with Crippen LogP contribution >= 0.6 is 0 Å². The summed E-state index contributed by atoms with van der Waals surface area (Å²) in [4.78, 5) is 0. The number of fused-ring (bicyclic) bond motifs is 20. The van der Waals surface area contributed by atoms with Crippen molar-refractivity contribution in [1.29, 1.82) is 0 Å². The van der Waals surface area contributed by atoms with Crippen LogP contribution in [0.3, 0.4) is 0 Å². The molecule has 0 aliphatic rings. The lowest BCUT2D eigenvalue weighted by Crippen LogP contribution is -1.96. The zero-order chi connectivity index (χ0) is 70.9. The molecule has 4 heterocycles. The first-order chi connectivity index (χ1) is 53.6. The third kappa shape index (κ3) is 9.78. The Morgan fingerprint density at radius 1 is 0.120 bits per heavy atom. The van der Waals surface area contributed by atoms with E-state index in [1.54, 1.807) is 0 Å². The molecule has 0 aliphatic heterocycles. The lowest BCUT2D eigenvalue weighted by atomic mass is 9.95. The Bertz CT molecular complexity index is 7610. The quantitative estimate of drug-likeness (QED) is 0.135. The van der Waals surface area contributed by atoms with E-state index in [1.165, 1.54) is 197 Å². The highest BCUT2D eigenvalue weighted by Gasteiger charge is 2.22. The molecule has 0 N–H and O–H groups in total. The second-order valence-electron chi connectivity index (χ2n) is 28.7. The summed E-state index contributed by atoms with van der Waals surface area (Å²) in [6.45, 7) is 0. The van der Waals surface area contributed by atoms with Crippen molar-refractivity contribution < 1.29 is 0 Å². The fraction of sp³-hybridized carbons (Fsp3) is 0. The third-order valence-electron chi connectivity index (χ3n) is 22.8. The lowest BCUT2D eigenvalue weighted by molar-refractivity contribution is 1.18. The van der Waals surface area contributed by atoms with Gasteiger partial charge in [-0.2, -0.15) is 0 Å².